The minimum Gasteiger partial charge on any atom is -0.497 e. The van der Waals surface area contributed by atoms with E-state index < -0.39 is 0 Å². The highest BCUT2D eigenvalue weighted by molar-refractivity contribution is 6.02. The van der Waals surface area contributed by atoms with Gasteiger partial charge in [-0.15, -0.1) is 0 Å². The second-order valence-corrected chi connectivity index (χ2v) is 5.80. The quantitative estimate of drug-likeness (QED) is 0.692. The summed E-state index contributed by atoms with van der Waals surface area (Å²) in [6.07, 6.45) is 2.92. The molecule has 2 N–H and O–H groups in total. The van der Waals surface area contributed by atoms with E-state index in [2.05, 4.69) is 20.6 Å². The first kappa shape index (κ1) is 18.2. The van der Waals surface area contributed by atoms with Crippen molar-refractivity contribution in [3.63, 3.8) is 0 Å². The molecular weight excluding hydrogens is 344 g/mol. The molecule has 1 amide bonds. The Kier molecular flexibility index (Phi) is 5.51. The van der Waals surface area contributed by atoms with Gasteiger partial charge in [0.05, 0.1) is 32.3 Å². The van der Waals surface area contributed by atoms with Crippen molar-refractivity contribution in [2.75, 3.05) is 24.9 Å². The predicted octanol–water partition coefficient (Wildman–Crippen LogP) is 3.80. The molecule has 3 aromatic rings. The van der Waals surface area contributed by atoms with Crippen molar-refractivity contribution >= 4 is 23.1 Å². The van der Waals surface area contributed by atoms with Crippen LogP contribution in [0, 0.1) is 6.92 Å². The summed E-state index contributed by atoms with van der Waals surface area (Å²) in [5, 5.41) is 5.91. The molecule has 1 heterocycles. The molecule has 2 aromatic carbocycles. The monoisotopic (exact) mass is 364 g/mol. The van der Waals surface area contributed by atoms with Crippen LogP contribution in [0.25, 0.3) is 0 Å². The summed E-state index contributed by atoms with van der Waals surface area (Å²) in [7, 11) is 3.18. The Morgan fingerprint density at radius 2 is 1.85 bits per heavy atom. The fraction of sp³-hybridized carbons (Fsp3) is 0.150. The van der Waals surface area contributed by atoms with Gasteiger partial charge in [0.25, 0.3) is 5.91 Å². The van der Waals surface area contributed by atoms with E-state index in [0.29, 0.717) is 23.0 Å². The molecule has 7 heteroatoms. The molecule has 0 aliphatic rings. The van der Waals surface area contributed by atoms with E-state index in [9.17, 15) is 4.79 Å². The molecule has 0 aliphatic carbocycles. The van der Waals surface area contributed by atoms with E-state index in [0.717, 1.165) is 11.3 Å². The lowest BCUT2D eigenvalue weighted by molar-refractivity contribution is 0.102. The topological polar surface area (TPSA) is 85.4 Å². The van der Waals surface area contributed by atoms with Gasteiger partial charge >= 0.3 is 0 Å². The lowest BCUT2D eigenvalue weighted by Gasteiger charge is -2.11. The van der Waals surface area contributed by atoms with E-state index in [1.807, 2.05) is 25.1 Å². The Bertz CT molecular complexity index is 942. The summed E-state index contributed by atoms with van der Waals surface area (Å²) in [6.45, 7) is 1.99. The maximum atomic E-state index is 12.3. The molecule has 0 unspecified atom stereocenters. The predicted molar refractivity (Wildman–Crippen MR) is 104 cm³/mol. The molecule has 0 saturated carbocycles. The number of benzene rings is 2. The Hall–Kier alpha value is -3.61. The Morgan fingerprint density at radius 3 is 2.56 bits per heavy atom. The molecular formula is C20H20N4O3. The van der Waals surface area contributed by atoms with Gasteiger partial charge in [0.2, 0.25) is 0 Å². The number of carbonyl (C=O) groups excluding carboxylic acids is 1. The third-order valence-electron chi connectivity index (χ3n) is 3.83. The zero-order valence-corrected chi connectivity index (χ0v) is 15.3. The van der Waals surface area contributed by atoms with Crippen LogP contribution in [0.2, 0.25) is 0 Å². The van der Waals surface area contributed by atoms with Crippen molar-refractivity contribution in [1.82, 2.24) is 9.97 Å². The molecule has 0 spiro atoms. The second-order valence-electron chi connectivity index (χ2n) is 5.80. The number of hydrogen-bond acceptors (Lipinski definition) is 6. The summed E-state index contributed by atoms with van der Waals surface area (Å²) in [5.74, 6) is 1.51. The summed E-state index contributed by atoms with van der Waals surface area (Å²) in [5.41, 5.74) is 2.69. The van der Waals surface area contributed by atoms with Gasteiger partial charge in [-0.3, -0.25) is 4.79 Å². The van der Waals surface area contributed by atoms with Crippen LogP contribution in [-0.4, -0.2) is 30.1 Å². The van der Waals surface area contributed by atoms with Crippen molar-refractivity contribution < 1.29 is 14.3 Å². The second kappa shape index (κ2) is 8.18. The van der Waals surface area contributed by atoms with Crippen LogP contribution in [-0.2, 0) is 0 Å². The van der Waals surface area contributed by atoms with Gasteiger partial charge in [-0.1, -0.05) is 12.1 Å². The molecule has 0 fully saturated rings. The van der Waals surface area contributed by atoms with E-state index in [4.69, 9.17) is 9.47 Å². The maximum Gasteiger partial charge on any atom is 0.275 e. The van der Waals surface area contributed by atoms with E-state index >= 15 is 0 Å². The van der Waals surface area contributed by atoms with Crippen LogP contribution in [0.5, 0.6) is 11.5 Å². The third-order valence-corrected chi connectivity index (χ3v) is 3.83. The van der Waals surface area contributed by atoms with E-state index in [-0.39, 0.29) is 11.6 Å². The summed E-state index contributed by atoms with van der Waals surface area (Å²) < 4.78 is 10.5. The number of ether oxygens (including phenoxy) is 2. The number of nitrogens with zero attached hydrogens (tertiary/aromatic N) is 2. The zero-order chi connectivity index (χ0) is 19.2. The number of aryl methyl sites for hydroxylation is 1. The van der Waals surface area contributed by atoms with Crippen LogP contribution in [0.3, 0.4) is 0 Å². The van der Waals surface area contributed by atoms with Crippen LogP contribution < -0.4 is 20.1 Å². The largest absolute Gasteiger partial charge is 0.497 e. The average Bonchev–Trinajstić information content (AvgIpc) is 2.69. The molecule has 0 atom stereocenters. The molecule has 7 nitrogen and oxygen atoms in total. The molecule has 0 bridgehead atoms. The molecule has 3 rings (SSSR count). The van der Waals surface area contributed by atoms with Crippen molar-refractivity contribution in [3.05, 3.63) is 66.1 Å². The molecule has 138 valence electrons. The van der Waals surface area contributed by atoms with Crippen LogP contribution in [0.15, 0.2) is 54.9 Å². The van der Waals surface area contributed by atoms with Crippen molar-refractivity contribution in [3.8, 4) is 11.5 Å². The fourth-order valence-corrected chi connectivity index (χ4v) is 2.46. The van der Waals surface area contributed by atoms with Gasteiger partial charge in [0, 0.05) is 11.8 Å². The molecule has 27 heavy (non-hydrogen) atoms. The number of carbonyl (C=O) groups is 1. The first-order valence-corrected chi connectivity index (χ1v) is 8.28. The Labute approximate surface area is 157 Å². The molecule has 0 saturated heterocycles. The number of nitrogens with one attached hydrogen (secondary N) is 2. The molecule has 0 aliphatic heterocycles. The fourth-order valence-electron chi connectivity index (χ4n) is 2.46. The van der Waals surface area contributed by atoms with Crippen molar-refractivity contribution in [2.45, 2.75) is 6.92 Å². The SMILES string of the molecule is COc1cccc(NC(=O)c2cnc(Nc3cc(C)ccc3OC)cn2)c1. The maximum absolute atomic E-state index is 12.3. The van der Waals surface area contributed by atoms with Crippen molar-refractivity contribution in [2.24, 2.45) is 0 Å². The van der Waals surface area contributed by atoms with E-state index in [1.54, 1.807) is 38.5 Å². The number of hydrogen-bond donors (Lipinski definition) is 2. The normalized spacial score (nSPS) is 10.2. The van der Waals surface area contributed by atoms with Gasteiger partial charge in [0.15, 0.2) is 0 Å². The average molecular weight is 364 g/mol. The molecule has 1 aromatic heterocycles. The molecule has 0 radical (unpaired) electrons. The minimum atomic E-state index is -0.351. The summed E-state index contributed by atoms with van der Waals surface area (Å²) >= 11 is 0. The Morgan fingerprint density at radius 1 is 1.00 bits per heavy atom. The van der Waals surface area contributed by atoms with Crippen LogP contribution >= 0.6 is 0 Å². The zero-order valence-electron chi connectivity index (χ0n) is 15.3. The van der Waals surface area contributed by atoms with E-state index in [1.165, 1.54) is 12.4 Å². The van der Waals surface area contributed by atoms with Gasteiger partial charge in [-0.2, -0.15) is 0 Å². The lowest BCUT2D eigenvalue weighted by atomic mass is 10.2. The number of amides is 1. The number of aromatic nitrogens is 2. The highest BCUT2D eigenvalue weighted by Crippen LogP contribution is 2.27. The number of methoxy groups -OCH3 is 2. The van der Waals surface area contributed by atoms with Crippen LogP contribution in [0.1, 0.15) is 16.1 Å². The summed E-state index contributed by atoms with van der Waals surface area (Å²) in [6, 6.07) is 12.9. The highest BCUT2D eigenvalue weighted by Gasteiger charge is 2.10. The summed E-state index contributed by atoms with van der Waals surface area (Å²) in [4.78, 5) is 20.8. The third kappa shape index (κ3) is 4.52. The van der Waals surface area contributed by atoms with Gasteiger partial charge in [0.1, 0.15) is 23.0 Å². The minimum absolute atomic E-state index is 0.208. The smallest absolute Gasteiger partial charge is 0.275 e. The standard InChI is InChI=1S/C20H20N4O3/c1-13-7-8-18(27-3)16(9-13)24-19-12-21-17(11-22-19)20(25)23-14-5-4-6-15(10-14)26-2/h4-12H,1-3H3,(H,22,24)(H,23,25). The number of anilines is 3. The van der Waals surface area contributed by atoms with Gasteiger partial charge in [-0.25, -0.2) is 9.97 Å². The van der Waals surface area contributed by atoms with Gasteiger partial charge in [-0.05, 0) is 36.8 Å². The van der Waals surface area contributed by atoms with Crippen LogP contribution in [0.4, 0.5) is 17.2 Å². The lowest BCUT2D eigenvalue weighted by Crippen LogP contribution is -2.14. The Balaban J connectivity index is 1.71. The highest BCUT2D eigenvalue weighted by atomic mass is 16.5. The number of rotatable bonds is 6. The first-order chi connectivity index (χ1) is 13.1. The first-order valence-electron chi connectivity index (χ1n) is 8.28. The van der Waals surface area contributed by atoms with Crippen molar-refractivity contribution in [1.29, 1.82) is 0 Å². The van der Waals surface area contributed by atoms with Gasteiger partial charge < -0.3 is 20.1 Å².